The van der Waals surface area contributed by atoms with E-state index in [0.717, 1.165) is 17.1 Å². The van der Waals surface area contributed by atoms with Gasteiger partial charge in [0.25, 0.3) is 0 Å². The van der Waals surface area contributed by atoms with Gasteiger partial charge in [0, 0.05) is 6.42 Å². The number of aldehydes is 1. The minimum atomic E-state index is -0.191. The van der Waals surface area contributed by atoms with Crippen molar-refractivity contribution in [1.29, 1.82) is 0 Å². The maximum Gasteiger partial charge on any atom is 0.305 e. The summed E-state index contributed by atoms with van der Waals surface area (Å²) < 4.78 is 15.8. The van der Waals surface area contributed by atoms with Gasteiger partial charge in [-0.25, -0.2) is 0 Å². The van der Waals surface area contributed by atoms with E-state index in [4.69, 9.17) is 14.2 Å². The van der Waals surface area contributed by atoms with E-state index in [1.54, 1.807) is 20.1 Å². The molecular formula is C19H22O5. The van der Waals surface area contributed by atoms with Crippen molar-refractivity contribution >= 4 is 23.0 Å². The number of ether oxygens (including phenoxy) is 3. The molecule has 0 aliphatic carbocycles. The SMILES string of the molecule is CCOC(=O)CCCCOc1ccc2ccc(OC)cc2c1C=O. The third-order valence-electron chi connectivity index (χ3n) is 3.69. The van der Waals surface area contributed by atoms with E-state index in [-0.39, 0.29) is 5.97 Å². The van der Waals surface area contributed by atoms with Gasteiger partial charge in [-0.05, 0) is 48.7 Å². The molecule has 24 heavy (non-hydrogen) atoms. The summed E-state index contributed by atoms with van der Waals surface area (Å²) in [7, 11) is 1.59. The van der Waals surface area contributed by atoms with Crippen molar-refractivity contribution in [3.05, 3.63) is 35.9 Å². The fourth-order valence-corrected chi connectivity index (χ4v) is 2.46. The van der Waals surface area contributed by atoms with E-state index in [1.165, 1.54) is 0 Å². The zero-order valence-corrected chi connectivity index (χ0v) is 14.0. The number of hydrogen-bond donors (Lipinski definition) is 0. The van der Waals surface area contributed by atoms with Crippen LogP contribution in [-0.4, -0.2) is 32.6 Å². The lowest BCUT2D eigenvalue weighted by molar-refractivity contribution is -0.143. The highest BCUT2D eigenvalue weighted by molar-refractivity contribution is 6.01. The Hall–Kier alpha value is -2.56. The summed E-state index contributed by atoms with van der Waals surface area (Å²) >= 11 is 0. The molecule has 0 atom stereocenters. The number of fused-ring (bicyclic) bond motifs is 1. The van der Waals surface area contributed by atoms with Crippen LogP contribution < -0.4 is 9.47 Å². The third kappa shape index (κ3) is 4.47. The van der Waals surface area contributed by atoms with Gasteiger partial charge < -0.3 is 14.2 Å². The highest BCUT2D eigenvalue weighted by Gasteiger charge is 2.09. The Morgan fingerprint density at radius 1 is 1.17 bits per heavy atom. The summed E-state index contributed by atoms with van der Waals surface area (Å²) in [5.74, 6) is 1.04. The van der Waals surface area contributed by atoms with Crippen molar-refractivity contribution in [3.63, 3.8) is 0 Å². The molecule has 2 aromatic carbocycles. The molecule has 0 heterocycles. The van der Waals surface area contributed by atoms with E-state index in [2.05, 4.69) is 0 Å². The maximum atomic E-state index is 11.5. The number of esters is 1. The second-order valence-electron chi connectivity index (χ2n) is 5.29. The molecule has 0 saturated carbocycles. The van der Waals surface area contributed by atoms with Gasteiger partial charge in [0.2, 0.25) is 0 Å². The van der Waals surface area contributed by atoms with Gasteiger partial charge in [0.05, 0.1) is 25.9 Å². The van der Waals surface area contributed by atoms with Crippen LogP contribution in [0.5, 0.6) is 11.5 Å². The average Bonchev–Trinajstić information content (AvgIpc) is 2.60. The Morgan fingerprint density at radius 3 is 2.67 bits per heavy atom. The first-order valence-corrected chi connectivity index (χ1v) is 8.04. The lowest BCUT2D eigenvalue weighted by Crippen LogP contribution is -2.05. The highest BCUT2D eigenvalue weighted by Crippen LogP contribution is 2.29. The van der Waals surface area contributed by atoms with Crippen molar-refractivity contribution in [1.82, 2.24) is 0 Å². The normalized spacial score (nSPS) is 10.4. The Bertz CT molecular complexity index is 708. The minimum Gasteiger partial charge on any atom is -0.497 e. The lowest BCUT2D eigenvalue weighted by atomic mass is 10.0. The molecule has 128 valence electrons. The van der Waals surface area contributed by atoms with Gasteiger partial charge in [0.1, 0.15) is 11.5 Å². The molecular weight excluding hydrogens is 308 g/mol. The Labute approximate surface area is 141 Å². The Balaban J connectivity index is 2.01. The van der Waals surface area contributed by atoms with Crippen LogP contribution in [0.2, 0.25) is 0 Å². The fourth-order valence-electron chi connectivity index (χ4n) is 2.46. The zero-order chi connectivity index (χ0) is 17.4. The molecule has 0 bridgehead atoms. The van der Waals surface area contributed by atoms with Crippen molar-refractivity contribution in [2.45, 2.75) is 26.2 Å². The summed E-state index contributed by atoms with van der Waals surface area (Å²) in [5.41, 5.74) is 0.511. The molecule has 0 radical (unpaired) electrons. The van der Waals surface area contributed by atoms with Gasteiger partial charge in [-0.3, -0.25) is 9.59 Å². The first kappa shape index (κ1) is 17.8. The van der Waals surface area contributed by atoms with Crippen LogP contribution in [0.15, 0.2) is 30.3 Å². The summed E-state index contributed by atoms with van der Waals surface area (Å²) in [5, 5.41) is 1.75. The predicted molar refractivity (Wildman–Crippen MR) is 91.9 cm³/mol. The molecule has 0 amide bonds. The number of carbonyl (C=O) groups is 2. The minimum absolute atomic E-state index is 0.191. The largest absolute Gasteiger partial charge is 0.497 e. The maximum absolute atomic E-state index is 11.5. The lowest BCUT2D eigenvalue weighted by Gasteiger charge is -2.11. The van der Waals surface area contributed by atoms with Crippen molar-refractivity contribution in [3.8, 4) is 11.5 Å². The Morgan fingerprint density at radius 2 is 1.96 bits per heavy atom. The first-order chi connectivity index (χ1) is 11.7. The first-order valence-electron chi connectivity index (χ1n) is 8.04. The summed E-state index contributed by atoms with van der Waals surface area (Å²) in [6.45, 7) is 2.63. The number of unbranched alkanes of at least 4 members (excludes halogenated alkanes) is 1. The van der Waals surface area contributed by atoms with Gasteiger partial charge in [-0.2, -0.15) is 0 Å². The molecule has 5 nitrogen and oxygen atoms in total. The van der Waals surface area contributed by atoms with Gasteiger partial charge in [-0.1, -0.05) is 12.1 Å². The molecule has 0 aliphatic heterocycles. The van der Waals surface area contributed by atoms with Crippen molar-refractivity contribution in [2.24, 2.45) is 0 Å². The monoisotopic (exact) mass is 330 g/mol. The molecule has 0 fully saturated rings. The zero-order valence-electron chi connectivity index (χ0n) is 14.0. The van der Waals surface area contributed by atoms with Gasteiger partial charge in [0.15, 0.2) is 6.29 Å². The van der Waals surface area contributed by atoms with Crippen LogP contribution in [0.25, 0.3) is 10.8 Å². The summed E-state index contributed by atoms with van der Waals surface area (Å²) in [4.78, 5) is 22.8. The van der Waals surface area contributed by atoms with E-state index in [9.17, 15) is 9.59 Å². The highest BCUT2D eigenvalue weighted by atomic mass is 16.5. The van der Waals surface area contributed by atoms with E-state index in [1.807, 2.05) is 24.3 Å². The standard InChI is InChI=1S/C19H22O5/c1-3-23-19(21)6-4-5-11-24-18-10-8-14-7-9-15(22-2)12-16(14)17(18)13-20/h7-10,12-13H,3-6,11H2,1-2H3. The second-order valence-corrected chi connectivity index (χ2v) is 5.29. The quantitative estimate of drug-likeness (QED) is 0.398. The van der Waals surface area contributed by atoms with Crippen LogP contribution in [0.3, 0.4) is 0 Å². The summed E-state index contributed by atoms with van der Waals surface area (Å²) in [6.07, 6.45) is 2.59. The van der Waals surface area contributed by atoms with Crippen LogP contribution >= 0.6 is 0 Å². The molecule has 0 N–H and O–H groups in total. The number of benzene rings is 2. The molecule has 0 unspecified atom stereocenters. The molecule has 0 spiro atoms. The number of methoxy groups -OCH3 is 1. The van der Waals surface area contributed by atoms with Crippen LogP contribution in [0, 0.1) is 0 Å². The third-order valence-corrected chi connectivity index (χ3v) is 3.69. The predicted octanol–water partition coefficient (Wildman–Crippen LogP) is 3.77. The molecule has 0 saturated heterocycles. The molecule has 0 aliphatic rings. The van der Waals surface area contributed by atoms with Crippen LogP contribution in [0.4, 0.5) is 0 Å². The van der Waals surface area contributed by atoms with E-state index in [0.29, 0.717) is 49.5 Å². The van der Waals surface area contributed by atoms with Gasteiger partial charge >= 0.3 is 5.97 Å². The topological polar surface area (TPSA) is 61.8 Å². The second kappa shape index (κ2) is 8.91. The van der Waals surface area contributed by atoms with Crippen LogP contribution in [0.1, 0.15) is 36.5 Å². The molecule has 2 rings (SSSR count). The van der Waals surface area contributed by atoms with Gasteiger partial charge in [-0.15, -0.1) is 0 Å². The van der Waals surface area contributed by atoms with Crippen molar-refractivity contribution < 1.29 is 23.8 Å². The average molecular weight is 330 g/mol. The fraction of sp³-hybridized carbons (Fsp3) is 0.368. The molecule has 5 heteroatoms. The van der Waals surface area contributed by atoms with Crippen molar-refractivity contribution in [2.75, 3.05) is 20.3 Å². The van der Waals surface area contributed by atoms with E-state index >= 15 is 0 Å². The smallest absolute Gasteiger partial charge is 0.305 e. The number of rotatable bonds is 9. The Kier molecular flexibility index (Phi) is 6.61. The number of carbonyl (C=O) groups excluding carboxylic acids is 2. The molecule has 0 aromatic heterocycles. The molecule has 2 aromatic rings. The number of hydrogen-bond acceptors (Lipinski definition) is 5. The summed E-state index contributed by atoms with van der Waals surface area (Å²) in [6, 6.07) is 9.30. The van der Waals surface area contributed by atoms with E-state index < -0.39 is 0 Å². The van der Waals surface area contributed by atoms with Crippen LogP contribution in [-0.2, 0) is 9.53 Å².